The number of anilines is 1. The van der Waals surface area contributed by atoms with Crippen molar-refractivity contribution in [2.24, 2.45) is 5.73 Å². The number of nitrogens with one attached hydrogen (secondary N) is 2. The van der Waals surface area contributed by atoms with Gasteiger partial charge < -0.3 is 20.8 Å². The molecule has 3 aromatic rings. The third-order valence-electron chi connectivity index (χ3n) is 5.14. The Balaban J connectivity index is 0.000000883. The number of thioether (sulfide) groups is 1. The van der Waals surface area contributed by atoms with Gasteiger partial charge in [-0.15, -0.1) is 23.1 Å². The smallest absolute Gasteiger partial charge is 0.383 e. The van der Waals surface area contributed by atoms with Crippen molar-refractivity contribution in [2.75, 3.05) is 17.7 Å². The van der Waals surface area contributed by atoms with Gasteiger partial charge in [0.15, 0.2) is 0 Å². The van der Waals surface area contributed by atoms with Crippen LogP contribution < -0.4 is 11.1 Å². The molecule has 0 aliphatic rings. The van der Waals surface area contributed by atoms with Crippen molar-refractivity contribution in [3.8, 4) is 11.1 Å². The number of halogens is 3. The van der Waals surface area contributed by atoms with Crippen molar-refractivity contribution >= 4 is 64.2 Å². The average Bonchev–Trinajstić information content (AvgIpc) is 3.33. The Hall–Kier alpha value is -3.01. The van der Waals surface area contributed by atoms with Crippen LogP contribution in [-0.4, -0.2) is 54.8 Å². The molecule has 0 radical (unpaired) electrons. The van der Waals surface area contributed by atoms with Crippen LogP contribution in [0.4, 0.5) is 18.9 Å². The number of sulfone groups is 1. The highest BCUT2D eigenvalue weighted by Crippen LogP contribution is 2.38. The van der Waals surface area contributed by atoms with Gasteiger partial charge in [0, 0.05) is 12.1 Å². The highest BCUT2D eigenvalue weighted by Gasteiger charge is 2.26. The summed E-state index contributed by atoms with van der Waals surface area (Å²) in [7, 11) is -8.12. The highest BCUT2D eigenvalue weighted by atomic mass is 32.2. The van der Waals surface area contributed by atoms with Gasteiger partial charge in [-0.25, -0.2) is 8.42 Å². The normalized spacial score (nSPS) is 11.8. The maximum atomic E-state index is 13.4. The van der Waals surface area contributed by atoms with Gasteiger partial charge in [-0.3, -0.25) is 19.6 Å². The van der Waals surface area contributed by atoms with E-state index in [-0.39, 0.29) is 22.0 Å². The summed E-state index contributed by atoms with van der Waals surface area (Å²) in [4.78, 5) is 39.1. The van der Waals surface area contributed by atoms with E-state index in [1.54, 1.807) is 42.7 Å². The molecule has 1 aromatic heterocycles. The number of amides is 1. The number of hydrogen-bond acceptors (Lipinski definition) is 8. The lowest BCUT2D eigenvalue weighted by atomic mass is 10.00. The van der Waals surface area contributed by atoms with Gasteiger partial charge in [0.25, 0.3) is 0 Å². The highest BCUT2D eigenvalue weighted by molar-refractivity contribution is 8.01. The fraction of sp³-hybridized carbons (Fsp3) is 0.208. The lowest BCUT2D eigenvalue weighted by Gasteiger charge is -2.12. The fourth-order valence-electron chi connectivity index (χ4n) is 3.31. The zero-order chi connectivity index (χ0) is 31.2. The van der Waals surface area contributed by atoms with Crippen LogP contribution in [-0.2, 0) is 24.0 Å². The van der Waals surface area contributed by atoms with Crippen LogP contribution in [0.1, 0.15) is 16.9 Å². The molecule has 0 fully saturated rings. The van der Waals surface area contributed by atoms with Gasteiger partial charge in [0.2, 0.25) is 22.0 Å². The molecular formula is C24H25F3N3O7PS3. The van der Waals surface area contributed by atoms with Gasteiger partial charge in [-0.05, 0) is 60.2 Å². The Kier molecular flexibility index (Phi) is 11.5. The minimum atomic E-state index is -4.64. The molecule has 0 saturated heterocycles. The van der Waals surface area contributed by atoms with E-state index in [1.807, 2.05) is 6.92 Å². The number of rotatable bonds is 9. The van der Waals surface area contributed by atoms with Gasteiger partial charge in [0.05, 0.1) is 25.0 Å². The molecule has 3 rings (SSSR count). The molecule has 0 atom stereocenters. The Bertz CT molecular complexity index is 1600. The summed E-state index contributed by atoms with van der Waals surface area (Å²) in [6, 6.07) is 13.0. The molecule has 0 bridgehead atoms. The molecule has 0 spiro atoms. The summed E-state index contributed by atoms with van der Waals surface area (Å²) >= 11 is 2.44. The number of thiophene rings is 1. The molecule has 41 heavy (non-hydrogen) atoms. The molecule has 0 aliphatic heterocycles. The zero-order valence-electron chi connectivity index (χ0n) is 21.4. The number of benzene rings is 2. The molecule has 1 amide bonds. The van der Waals surface area contributed by atoms with Gasteiger partial charge in [-0.2, -0.15) is 13.2 Å². The molecule has 2 aromatic carbocycles. The summed E-state index contributed by atoms with van der Waals surface area (Å²) < 4.78 is 69.6. The topological polar surface area (TPSA) is 188 Å². The summed E-state index contributed by atoms with van der Waals surface area (Å²) in [6.45, 7) is 1.81. The van der Waals surface area contributed by atoms with E-state index in [1.165, 1.54) is 23.9 Å². The van der Waals surface area contributed by atoms with Crippen LogP contribution in [0.15, 0.2) is 62.5 Å². The van der Waals surface area contributed by atoms with Gasteiger partial charge in [0.1, 0.15) is 5.84 Å². The Morgan fingerprint density at radius 1 is 1.20 bits per heavy atom. The number of nitrogens with two attached hydrogens (primary N) is 1. The number of carbonyl (C=O) groups is 2. The SMILES string of the molecule is CSc1sc(C(=N)N)cc1S(=O)(=O)c1cccc(-c2ccc(NC(=O)CCP(=O)(O)O)cc2C)c1.O=CC(F)(F)F. The lowest BCUT2D eigenvalue weighted by Crippen LogP contribution is -2.13. The van der Waals surface area contributed by atoms with Crippen LogP contribution in [0.3, 0.4) is 0 Å². The Morgan fingerprint density at radius 2 is 1.83 bits per heavy atom. The number of alkyl halides is 3. The molecule has 0 saturated carbocycles. The van der Waals surface area contributed by atoms with E-state index < -0.39 is 42.0 Å². The summed E-state index contributed by atoms with van der Waals surface area (Å²) in [6.07, 6.45) is -4.78. The predicted molar refractivity (Wildman–Crippen MR) is 151 cm³/mol. The molecule has 0 unspecified atom stereocenters. The van der Waals surface area contributed by atoms with E-state index in [0.29, 0.717) is 20.3 Å². The quantitative estimate of drug-likeness (QED) is 0.0711. The average molecular weight is 652 g/mol. The first kappa shape index (κ1) is 34.2. The van der Waals surface area contributed by atoms with Crippen LogP contribution in [0.5, 0.6) is 0 Å². The first-order chi connectivity index (χ1) is 18.9. The van der Waals surface area contributed by atoms with Crippen LogP contribution in [0.25, 0.3) is 11.1 Å². The fourth-order valence-corrected chi connectivity index (χ4v) is 7.71. The number of aldehydes is 1. The number of amidine groups is 1. The van der Waals surface area contributed by atoms with Crippen molar-refractivity contribution in [2.45, 2.75) is 33.5 Å². The van der Waals surface area contributed by atoms with Crippen molar-refractivity contribution in [1.82, 2.24) is 0 Å². The molecular weight excluding hydrogens is 626 g/mol. The van der Waals surface area contributed by atoms with Crippen LogP contribution >= 0.6 is 30.7 Å². The first-order valence-electron chi connectivity index (χ1n) is 11.2. The molecule has 0 aliphatic carbocycles. The monoisotopic (exact) mass is 651 g/mol. The summed E-state index contributed by atoms with van der Waals surface area (Å²) in [5.74, 6) is -0.705. The molecule has 10 nitrogen and oxygen atoms in total. The largest absolute Gasteiger partial charge is 0.446 e. The molecule has 17 heteroatoms. The van der Waals surface area contributed by atoms with E-state index in [9.17, 15) is 30.9 Å². The third-order valence-corrected chi connectivity index (χ3v) is 10.3. The number of nitrogen functional groups attached to an aromatic ring is 1. The number of hydrogen-bond donors (Lipinski definition) is 5. The van der Waals surface area contributed by atoms with Crippen LogP contribution in [0, 0.1) is 12.3 Å². The van der Waals surface area contributed by atoms with E-state index in [2.05, 4.69) is 5.32 Å². The minimum Gasteiger partial charge on any atom is -0.383 e. The summed E-state index contributed by atoms with van der Waals surface area (Å²) in [5, 5.41) is 10.2. The summed E-state index contributed by atoms with van der Waals surface area (Å²) in [5.41, 5.74) is 8.21. The van der Waals surface area contributed by atoms with Crippen molar-refractivity contribution in [1.29, 1.82) is 5.41 Å². The second-order valence-corrected chi connectivity index (χ2v) is 14.1. The second-order valence-electron chi connectivity index (χ2n) is 8.29. The molecule has 222 valence electrons. The molecule has 1 heterocycles. The van der Waals surface area contributed by atoms with Crippen molar-refractivity contribution < 1.29 is 45.5 Å². The molecule has 6 N–H and O–H groups in total. The van der Waals surface area contributed by atoms with Crippen LogP contribution in [0.2, 0.25) is 0 Å². The third kappa shape index (κ3) is 10.1. The Morgan fingerprint density at radius 3 is 2.34 bits per heavy atom. The first-order valence-corrected chi connectivity index (χ1v) is 16.6. The van der Waals surface area contributed by atoms with Crippen molar-refractivity contribution in [3.05, 3.63) is 59.0 Å². The number of carbonyl (C=O) groups excluding carboxylic acids is 2. The van der Waals surface area contributed by atoms with E-state index in [0.717, 1.165) is 22.5 Å². The maximum Gasteiger partial charge on any atom is 0.446 e. The standard InChI is InChI=1S/C22H24N3O6PS3.C2HF3O/c1-13-10-15(25-20(26)8-9-32(27,28)29)6-7-17(13)14-4-3-5-16(11-14)35(30,31)19-12-18(21(23)24)34-22(19)33-2;3-2(4,5)1-6/h3-7,10-12H,8-9H2,1-2H3,(H3,23,24)(H,25,26)(H2,27,28,29);1H. The Labute approximate surface area is 241 Å². The van der Waals surface area contributed by atoms with E-state index in [4.69, 9.17) is 25.7 Å². The van der Waals surface area contributed by atoms with Gasteiger partial charge in [-0.1, -0.05) is 18.2 Å². The second kappa shape index (κ2) is 13.8. The predicted octanol–water partition coefficient (Wildman–Crippen LogP) is 4.82. The van der Waals surface area contributed by atoms with Gasteiger partial charge >= 0.3 is 13.8 Å². The lowest BCUT2D eigenvalue weighted by molar-refractivity contribution is -0.156. The van der Waals surface area contributed by atoms with E-state index >= 15 is 0 Å². The minimum absolute atomic E-state index is 0.104. The number of aryl methyl sites for hydroxylation is 1. The zero-order valence-corrected chi connectivity index (χ0v) is 24.8. The van der Waals surface area contributed by atoms with Crippen molar-refractivity contribution in [3.63, 3.8) is 0 Å². The maximum absolute atomic E-state index is 13.4.